The molecular weight excluding hydrogens is 420 g/mol. The van der Waals surface area contributed by atoms with Crippen LogP contribution in [-0.4, -0.2) is 72.8 Å². The summed E-state index contributed by atoms with van der Waals surface area (Å²) in [5.41, 5.74) is 3.40. The Morgan fingerprint density at radius 2 is 1.52 bits per heavy atom. The third kappa shape index (κ3) is 6.54. The molecule has 1 amide bonds. The van der Waals surface area contributed by atoms with E-state index in [1.54, 1.807) is 12.1 Å². The van der Waals surface area contributed by atoms with Gasteiger partial charge in [-0.3, -0.25) is 9.69 Å². The van der Waals surface area contributed by atoms with Gasteiger partial charge < -0.3 is 9.57 Å². The molecular formula is C25H32N4O4. The molecule has 0 bridgehead atoms. The molecule has 0 radical (unpaired) electrons. The lowest BCUT2D eigenvalue weighted by Gasteiger charge is -2.45. The summed E-state index contributed by atoms with van der Waals surface area (Å²) in [7, 11) is 0. The van der Waals surface area contributed by atoms with Crippen LogP contribution in [0.15, 0.2) is 60.7 Å². The summed E-state index contributed by atoms with van der Waals surface area (Å²) in [6.07, 6.45) is 2.95. The van der Waals surface area contributed by atoms with E-state index in [0.29, 0.717) is 25.2 Å². The minimum absolute atomic E-state index is 0.330. The van der Waals surface area contributed by atoms with E-state index in [0.717, 1.165) is 38.5 Å². The lowest BCUT2D eigenvalue weighted by molar-refractivity contribution is -0.175. The lowest BCUT2D eigenvalue weighted by atomic mass is 9.91. The number of hydrogen-bond acceptors (Lipinski definition) is 7. The Bertz CT molecular complexity index is 866. The first kappa shape index (κ1) is 23.2. The summed E-state index contributed by atoms with van der Waals surface area (Å²) < 4.78 is 5.93. The quantitative estimate of drug-likeness (QED) is 0.461. The van der Waals surface area contributed by atoms with Crippen molar-refractivity contribution in [2.24, 2.45) is 5.92 Å². The highest BCUT2D eigenvalue weighted by molar-refractivity contribution is 5.75. The molecule has 2 heterocycles. The van der Waals surface area contributed by atoms with Gasteiger partial charge in [0.15, 0.2) is 0 Å². The van der Waals surface area contributed by atoms with Gasteiger partial charge in [-0.05, 0) is 42.9 Å². The Labute approximate surface area is 195 Å². The van der Waals surface area contributed by atoms with Crippen LogP contribution in [0.2, 0.25) is 0 Å². The van der Waals surface area contributed by atoms with Crippen LogP contribution in [0.3, 0.4) is 0 Å². The molecule has 0 saturated carbocycles. The van der Waals surface area contributed by atoms with Crippen molar-refractivity contribution in [1.82, 2.24) is 20.4 Å². The molecule has 2 aliphatic heterocycles. The Morgan fingerprint density at radius 1 is 0.909 bits per heavy atom. The number of benzene rings is 2. The number of rotatable bonds is 9. The number of carbonyl (C=O) groups is 2. The van der Waals surface area contributed by atoms with Gasteiger partial charge in [-0.25, -0.2) is 14.8 Å². The summed E-state index contributed by atoms with van der Waals surface area (Å²) in [6, 6.07) is 19.9. The molecule has 1 N–H and O–H groups in total. The Balaban J connectivity index is 1.28. The first-order valence-corrected chi connectivity index (χ1v) is 11.6. The summed E-state index contributed by atoms with van der Waals surface area (Å²) in [4.78, 5) is 29.9. The fourth-order valence-corrected chi connectivity index (χ4v) is 4.61. The molecule has 2 aromatic rings. The van der Waals surface area contributed by atoms with Gasteiger partial charge in [-0.15, -0.1) is 0 Å². The fraction of sp³-hybridized carbons (Fsp3) is 0.440. The zero-order valence-electron chi connectivity index (χ0n) is 18.8. The van der Waals surface area contributed by atoms with Gasteiger partial charge in [-0.1, -0.05) is 48.5 Å². The van der Waals surface area contributed by atoms with E-state index in [1.807, 2.05) is 28.6 Å². The van der Waals surface area contributed by atoms with Crippen molar-refractivity contribution >= 4 is 12.4 Å². The van der Waals surface area contributed by atoms with E-state index in [1.165, 1.54) is 18.4 Å². The van der Waals surface area contributed by atoms with Crippen LogP contribution in [-0.2, 0) is 20.8 Å². The highest BCUT2D eigenvalue weighted by atomic mass is 16.7. The largest absolute Gasteiger partial charge is 0.464 e. The topological polar surface area (TPSA) is 74.3 Å². The molecule has 0 aromatic heterocycles. The molecule has 4 rings (SSSR count). The van der Waals surface area contributed by atoms with E-state index < -0.39 is 12.2 Å². The van der Waals surface area contributed by atoms with Crippen molar-refractivity contribution < 1.29 is 19.2 Å². The average molecular weight is 453 g/mol. The minimum Gasteiger partial charge on any atom is -0.464 e. The Hall–Kier alpha value is -2.94. The van der Waals surface area contributed by atoms with Gasteiger partial charge >= 0.3 is 5.97 Å². The van der Waals surface area contributed by atoms with E-state index >= 15 is 0 Å². The third-order valence-electron chi connectivity index (χ3n) is 6.38. The maximum absolute atomic E-state index is 12.5. The van der Waals surface area contributed by atoms with Crippen molar-refractivity contribution in [3.8, 4) is 5.75 Å². The number of nitrogens with zero attached hydrogens (tertiary/aromatic N) is 3. The van der Waals surface area contributed by atoms with Crippen molar-refractivity contribution in [2.75, 3.05) is 39.3 Å². The third-order valence-corrected chi connectivity index (χ3v) is 6.38. The van der Waals surface area contributed by atoms with Crippen LogP contribution >= 0.6 is 0 Å². The zero-order chi connectivity index (χ0) is 22.9. The molecule has 1 atom stereocenters. The second-order valence-corrected chi connectivity index (χ2v) is 8.52. The predicted molar refractivity (Wildman–Crippen MR) is 124 cm³/mol. The van der Waals surface area contributed by atoms with Gasteiger partial charge in [0.1, 0.15) is 5.75 Å². The number of carbonyl (C=O) groups excluding carboxylic acids is 2. The van der Waals surface area contributed by atoms with Crippen molar-refractivity contribution in [2.45, 2.75) is 25.5 Å². The molecule has 2 aliphatic rings. The molecule has 0 aliphatic carbocycles. The monoisotopic (exact) mass is 452 g/mol. The molecule has 8 nitrogen and oxygen atoms in total. The summed E-state index contributed by atoms with van der Waals surface area (Å²) in [5.74, 6) is 0.670. The lowest BCUT2D eigenvalue weighted by Crippen LogP contribution is -2.59. The molecule has 1 unspecified atom stereocenters. The molecule has 2 saturated heterocycles. The highest BCUT2D eigenvalue weighted by Crippen LogP contribution is 2.24. The standard InChI is InChI=1S/C25H32N4O4/c30-20-26-33-25(31)24(32-23-9-5-2-6-10-23)27-15-17-29(18-16-27)28-13-11-22(12-14-28)19-21-7-3-1-4-8-21/h1-10,20,22,24H,11-19H2,(H,26,30). The number of piperazine rings is 1. The first-order chi connectivity index (χ1) is 16.2. The zero-order valence-corrected chi connectivity index (χ0v) is 18.8. The van der Waals surface area contributed by atoms with Crippen LogP contribution in [0.4, 0.5) is 0 Å². The second-order valence-electron chi connectivity index (χ2n) is 8.52. The van der Waals surface area contributed by atoms with Gasteiger partial charge in [0.25, 0.3) is 6.23 Å². The van der Waals surface area contributed by atoms with Crippen LogP contribution < -0.4 is 10.2 Å². The van der Waals surface area contributed by atoms with Crippen LogP contribution in [0.5, 0.6) is 5.75 Å². The first-order valence-electron chi connectivity index (χ1n) is 11.6. The number of hydroxylamine groups is 1. The predicted octanol–water partition coefficient (Wildman–Crippen LogP) is 2.08. The minimum atomic E-state index is -0.918. The number of piperidine rings is 1. The molecule has 2 fully saturated rings. The van der Waals surface area contributed by atoms with Crippen molar-refractivity contribution in [3.05, 3.63) is 66.2 Å². The number of ether oxygens (including phenoxy) is 1. The van der Waals surface area contributed by atoms with Gasteiger partial charge in [0.05, 0.1) is 0 Å². The number of hydrazine groups is 1. The number of hydrogen-bond donors (Lipinski definition) is 1. The number of para-hydroxylation sites is 1. The molecule has 2 aromatic carbocycles. The van der Waals surface area contributed by atoms with E-state index in [9.17, 15) is 9.59 Å². The fourth-order valence-electron chi connectivity index (χ4n) is 4.61. The van der Waals surface area contributed by atoms with Crippen molar-refractivity contribution in [3.63, 3.8) is 0 Å². The van der Waals surface area contributed by atoms with E-state index in [-0.39, 0.29) is 0 Å². The van der Waals surface area contributed by atoms with Gasteiger partial charge in [0.2, 0.25) is 6.41 Å². The van der Waals surface area contributed by atoms with Crippen LogP contribution in [0.25, 0.3) is 0 Å². The molecule has 8 heteroatoms. The molecule has 176 valence electrons. The molecule has 33 heavy (non-hydrogen) atoms. The second kappa shape index (κ2) is 11.8. The number of nitrogens with one attached hydrogen (secondary N) is 1. The van der Waals surface area contributed by atoms with Crippen LogP contribution in [0, 0.1) is 5.92 Å². The maximum Gasteiger partial charge on any atom is 0.388 e. The molecule has 0 spiro atoms. The highest BCUT2D eigenvalue weighted by Gasteiger charge is 2.34. The average Bonchev–Trinajstić information content (AvgIpc) is 2.88. The summed E-state index contributed by atoms with van der Waals surface area (Å²) >= 11 is 0. The SMILES string of the molecule is O=CNOC(=O)C(Oc1ccccc1)N1CCN(N2CCC(Cc3ccccc3)CC2)CC1. The smallest absolute Gasteiger partial charge is 0.388 e. The summed E-state index contributed by atoms with van der Waals surface area (Å²) in [5, 5.41) is 4.85. The maximum atomic E-state index is 12.5. The van der Waals surface area contributed by atoms with Crippen LogP contribution in [0.1, 0.15) is 18.4 Å². The van der Waals surface area contributed by atoms with E-state index in [4.69, 9.17) is 9.57 Å². The normalized spacial score (nSPS) is 19.5. The Kier molecular flexibility index (Phi) is 8.30. The van der Waals surface area contributed by atoms with Gasteiger partial charge in [0, 0.05) is 39.3 Å². The van der Waals surface area contributed by atoms with Gasteiger partial charge in [-0.2, -0.15) is 5.48 Å². The van der Waals surface area contributed by atoms with Crippen molar-refractivity contribution in [1.29, 1.82) is 0 Å². The Morgan fingerprint density at radius 3 is 2.15 bits per heavy atom. The van der Waals surface area contributed by atoms with E-state index in [2.05, 4.69) is 40.3 Å². The summed E-state index contributed by atoms with van der Waals surface area (Å²) in [6.45, 7) is 5.08. The number of amides is 1.